The molecule has 47 heavy (non-hydrogen) atoms. The van der Waals surface area contributed by atoms with Gasteiger partial charge in [0, 0.05) is 7.05 Å². The van der Waals surface area contributed by atoms with Gasteiger partial charge < -0.3 is 24.3 Å². The van der Waals surface area contributed by atoms with E-state index in [1.54, 1.807) is 54.6 Å². The number of hydrogen-bond donors (Lipinski definition) is 2. The third-order valence-corrected chi connectivity index (χ3v) is 7.60. The quantitative estimate of drug-likeness (QED) is 0.176. The molecular formula is C33H28FN5O8. The summed E-state index contributed by atoms with van der Waals surface area (Å²) < 4.78 is 41.7. The van der Waals surface area contributed by atoms with Crippen molar-refractivity contribution in [2.24, 2.45) is 0 Å². The van der Waals surface area contributed by atoms with Gasteiger partial charge in [-0.3, -0.25) is 14.3 Å². The zero-order valence-corrected chi connectivity index (χ0v) is 25.1. The molecule has 0 bridgehead atoms. The van der Waals surface area contributed by atoms with Gasteiger partial charge in [-0.1, -0.05) is 54.6 Å². The lowest BCUT2D eigenvalue weighted by atomic mass is 9.94. The van der Waals surface area contributed by atoms with Crippen LogP contribution in [0.1, 0.15) is 44.2 Å². The smallest absolute Gasteiger partial charge is 0.338 e. The number of carbonyl (C=O) groups is 3. The minimum atomic E-state index is -3.10. The summed E-state index contributed by atoms with van der Waals surface area (Å²) >= 11 is 0. The molecule has 0 radical (unpaired) electrons. The van der Waals surface area contributed by atoms with Crippen molar-refractivity contribution >= 4 is 35.0 Å². The van der Waals surface area contributed by atoms with Gasteiger partial charge in [-0.05, 0) is 43.3 Å². The van der Waals surface area contributed by atoms with Crippen LogP contribution in [0.25, 0.3) is 11.2 Å². The van der Waals surface area contributed by atoms with E-state index in [-0.39, 0.29) is 33.8 Å². The van der Waals surface area contributed by atoms with E-state index in [0.29, 0.717) is 0 Å². The lowest BCUT2D eigenvalue weighted by Gasteiger charge is -2.35. The fourth-order valence-electron chi connectivity index (χ4n) is 5.29. The third-order valence-electron chi connectivity index (χ3n) is 7.60. The predicted octanol–water partition coefficient (Wildman–Crippen LogP) is 4.05. The first kappa shape index (κ1) is 31.1. The van der Waals surface area contributed by atoms with Crippen LogP contribution < -0.4 is 10.9 Å². The van der Waals surface area contributed by atoms with Crippen LogP contribution in [0.4, 0.5) is 10.3 Å². The summed E-state index contributed by atoms with van der Waals surface area (Å²) in [5, 5.41) is 2.72. The highest BCUT2D eigenvalue weighted by Crippen LogP contribution is 2.50. The van der Waals surface area contributed by atoms with Crippen molar-refractivity contribution in [3.05, 3.63) is 124 Å². The van der Waals surface area contributed by atoms with Crippen LogP contribution in [-0.2, 0) is 18.9 Å². The van der Waals surface area contributed by atoms with E-state index in [1.807, 2.05) is 0 Å². The highest BCUT2D eigenvalue weighted by atomic mass is 19.2. The number of rotatable bonds is 9. The lowest BCUT2D eigenvalue weighted by molar-refractivity contribution is -0.207. The van der Waals surface area contributed by atoms with Crippen molar-refractivity contribution < 1.29 is 37.7 Å². The molecule has 3 heterocycles. The number of nitrogens with zero attached hydrogens (tertiary/aromatic N) is 3. The van der Waals surface area contributed by atoms with Gasteiger partial charge in [0.2, 0.25) is 12.1 Å². The highest BCUT2D eigenvalue weighted by molar-refractivity contribution is 5.91. The first-order valence-corrected chi connectivity index (χ1v) is 14.4. The van der Waals surface area contributed by atoms with Crippen LogP contribution in [0, 0.1) is 0 Å². The number of carbonyl (C=O) groups excluding carboxylic acids is 3. The molecule has 0 aliphatic carbocycles. The molecule has 240 valence electrons. The Morgan fingerprint density at radius 1 is 0.915 bits per heavy atom. The summed E-state index contributed by atoms with van der Waals surface area (Å²) in [7, 11) is 1.52. The summed E-state index contributed by atoms with van der Waals surface area (Å²) in [5.74, 6) is -5.80. The molecule has 4 atom stereocenters. The van der Waals surface area contributed by atoms with Crippen LogP contribution in [-0.4, -0.2) is 68.6 Å². The Bertz CT molecular complexity index is 1990. The van der Waals surface area contributed by atoms with E-state index < -0.39 is 53.9 Å². The normalized spacial score (nSPS) is 22.0. The van der Waals surface area contributed by atoms with E-state index in [4.69, 9.17) is 18.9 Å². The number of ether oxygens (including phenoxy) is 4. The summed E-state index contributed by atoms with van der Waals surface area (Å²) in [6, 6.07) is 23.5. The first-order chi connectivity index (χ1) is 22.6. The number of benzene rings is 3. The molecule has 0 saturated carbocycles. The van der Waals surface area contributed by atoms with Crippen LogP contribution in [0.5, 0.6) is 0 Å². The van der Waals surface area contributed by atoms with Crippen LogP contribution in [0.2, 0.25) is 0 Å². The van der Waals surface area contributed by atoms with Crippen molar-refractivity contribution in [3.63, 3.8) is 0 Å². The summed E-state index contributed by atoms with van der Waals surface area (Å²) in [6.07, 6.45) is -2.54. The number of imidazole rings is 1. The average Bonchev–Trinajstić information content (AvgIpc) is 3.61. The molecule has 2 aromatic heterocycles. The van der Waals surface area contributed by atoms with Crippen LogP contribution in [0.15, 0.2) is 102 Å². The minimum absolute atomic E-state index is 0.0561. The Balaban J connectivity index is 1.48. The third kappa shape index (κ3) is 5.93. The van der Waals surface area contributed by atoms with Crippen molar-refractivity contribution in [2.75, 3.05) is 19.0 Å². The maximum atomic E-state index is 17.4. The molecule has 0 unspecified atom stereocenters. The highest BCUT2D eigenvalue weighted by Gasteiger charge is 2.69. The van der Waals surface area contributed by atoms with E-state index in [1.165, 1.54) is 54.9 Å². The van der Waals surface area contributed by atoms with Gasteiger partial charge >= 0.3 is 17.9 Å². The Labute approximate surface area is 266 Å². The van der Waals surface area contributed by atoms with Gasteiger partial charge in [0.05, 0.1) is 23.0 Å². The number of halogens is 1. The van der Waals surface area contributed by atoms with Gasteiger partial charge in [-0.2, -0.15) is 4.98 Å². The predicted molar refractivity (Wildman–Crippen MR) is 164 cm³/mol. The molecule has 1 aliphatic heterocycles. The summed E-state index contributed by atoms with van der Waals surface area (Å²) in [5.41, 5.74) is -2.69. The molecular weight excluding hydrogens is 613 g/mol. The molecule has 5 aromatic rings. The SMILES string of the molecule is CNc1nc2c(ncn2[C@@H]2O[C@](F)(COC(=O)c3ccccc3)[C@@H](OC(=O)c3ccccc3)[C@@]2(C)OC(=O)c2ccccc2)c(=O)[nH]1. The first-order valence-electron chi connectivity index (χ1n) is 14.4. The Kier molecular flexibility index (Phi) is 8.26. The number of H-pyrrole nitrogens is 1. The zero-order valence-electron chi connectivity index (χ0n) is 25.1. The molecule has 1 saturated heterocycles. The number of esters is 3. The number of fused-ring (bicyclic) bond motifs is 1. The molecule has 0 spiro atoms. The van der Waals surface area contributed by atoms with E-state index in [9.17, 15) is 19.2 Å². The fraction of sp³-hybridized carbons (Fsp3) is 0.212. The van der Waals surface area contributed by atoms with Gasteiger partial charge in [0.1, 0.15) is 0 Å². The molecule has 2 N–H and O–H groups in total. The number of alkyl halides is 1. The van der Waals surface area contributed by atoms with Gasteiger partial charge in [-0.15, -0.1) is 0 Å². The number of nitrogens with one attached hydrogen (secondary N) is 2. The van der Waals surface area contributed by atoms with Crippen molar-refractivity contribution in [2.45, 2.75) is 30.7 Å². The van der Waals surface area contributed by atoms with Gasteiger partial charge in [-0.25, -0.2) is 23.8 Å². The largest absolute Gasteiger partial charge is 0.456 e. The van der Waals surface area contributed by atoms with Crippen molar-refractivity contribution in [1.29, 1.82) is 0 Å². The number of anilines is 1. The Hall–Kier alpha value is -5.89. The van der Waals surface area contributed by atoms with E-state index >= 15 is 4.39 Å². The molecule has 1 aliphatic rings. The zero-order chi connectivity index (χ0) is 33.2. The second-order valence-electron chi connectivity index (χ2n) is 10.8. The Morgan fingerprint density at radius 3 is 2.04 bits per heavy atom. The summed E-state index contributed by atoms with van der Waals surface area (Å²) in [4.78, 5) is 63.7. The fourth-order valence-corrected chi connectivity index (χ4v) is 5.29. The average molecular weight is 642 g/mol. The molecule has 13 nitrogen and oxygen atoms in total. The van der Waals surface area contributed by atoms with Crippen molar-refractivity contribution in [3.8, 4) is 0 Å². The number of hydrogen-bond acceptors (Lipinski definition) is 11. The van der Waals surface area contributed by atoms with Crippen LogP contribution in [0.3, 0.4) is 0 Å². The van der Waals surface area contributed by atoms with Gasteiger partial charge in [0.15, 0.2) is 29.6 Å². The Morgan fingerprint density at radius 2 is 1.47 bits per heavy atom. The molecule has 1 fully saturated rings. The topological polar surface area (TPSA) is 164 Å². The maximum Gasteiger partial charge on any atom is 0.338 e. The molecule has 6 rings (SSSR count). The molecule has 0 amide bonds. The van der Waals surface area contributed by atoms with E-state index in [2.05, 4.69) is 20.3 Å². The lowest BCUT2D eigenvalue weighted by Crippen LogP contribution is -2.54. The molecule has 3 aromatic carbocycles. The maximum absolute atomic E-state index is 17.4. The van der Waals surface area contributed by atoms with Gasteiger partial charge in [0.25, 0.3) is 11.4 Å². The number of aromatic amines is 1. The van der Waals surface area contributed by atoms with Crippen LogP contribution >= 0.6 is 0 Å². The second kappa shape index (κ2) is 12.5. The summed E-state index contributed by atoms with van der Waals surface area (Å²) in [6.45, 7) is 0.227. The minimum Gasteiger partial charge on any atom is -0.456 e. The van der Waals surface area contributed by atoms with Crippen molar-refractivity contribution in [1.82, 2.24) is 19.5 Å². The second-order valence-corrected chi connectivity index (χ2v) is 10.8. The monoisotopic (exact) mass is 641 g/mol. The van der Waals surface area contributed by atoms with E-state index in [0.717, 1.165) is 6.33 Å². The number of aromatic nitrogens is 4. The standard InChI is InChI=1S/C33H28FN5O8/c1-32(46-28(43)22-16-10-5-11-17-22)29(45-27(42)21-14-8-4-9-15-21)33(34,18-44-26(41)20-12-6-3-7-13-20)47-30(32)39-19-36-23-24(39)37-31(35-2)38-25(23)40/h3-17,19,29-30H,18H2,1-2H3,(H2,35,37,38,40)/t29-,30+,32+,33+/m0/s1. The molecule has 14 heteroatoms.